The standard InChI is InChI=1S/C17H17F3N6/c18-17(19,20)13-7-8-14(23-22-13)21-12-5-3-4-11(10-12)16-25-24-15-6-1-2-9-26(15)16/h1-2,6-9,11-12H,3-5,10H2,(H,21,23)/t11-,12+/m0/s1. The Kier molecular flexibility index (Phi) is 4.21. The Bertz CT molecular complexity index is 889. The molecule has 0 aliphatic heterocycles. The fourth-order valence-corrected chi connectivity index (χ4v) is 3.46. The number of rotatable bonds is 3. The minimum absolute atomic E-state index is 0.107. The van der Waals surface area contributed by atoms with Gasteiger partial charge in [-0.15, -0.1) is 20.4 Å². The van der Waals surface area contributed by atoms with E-state index in [0.717, 1.165) is 43.2 Å². The molecule has 6 nitrogen and oxygen atoms in total. The molecule has 136 valence electrons. The van der Waals surface area contributed by atoms with Crippen LogP contribution in [0.4, 0.5) is 19.0 Å². The van der Waals surface area contributed by atoms with E-state index in [-0.39, 0.29) is 12.0 Å². The van der Waals surface area contributed by atoms with Gasteiger partial charge in [-0.2, -0.15) is 13.2 Å². The summed E-state index contributed by atoms with van der Waals surface area (Å²) >= 11 is 0. The molecule has 3 heterocycles. The molecule has 1 aliphatic rings. The van der Waals surface area contributed by atoms with E-state index in [0.29, 0.717) is 5.82 Å². The maximum Gasteiger partial charge on any atom is 0.435 e. The summed E-state index contributed by atoms with van der Waals surface area (Å²) in [6.07, 6.45) is 1.22. The molecule has 1 N–H and O–H groups in total. The smallest absolute Gasteiger partial charge is 0.366 e. The van der Waals surface area contributed by atoms with Crippen molar-refractivity contribution in [2.45, 2.75) is 43.8 Å². The Morgan fingerprint density at radius 3 is 2.65 bits per heavy atom. The molecule has 0 bridgehead atoms. The lowest BCUT2D eigenvalue weighted by atomic mass is 9.85. The van der Waals surface area contributed by atoms with Crippen LogP contribution in [-0.2, 0) is 6.18 Å². The summed E-state index contributed by atoms with van der Waals surface area (Å²) in [5.41, 5.74) is -0.175. The lowest BCUT2D eigenvalue weighted by Gasteiger charge is -2.29. The normalized spacial score (nSPS) is 21.0. The van der Waals surface area contributed by atoms with Crippen LogP contribution in [0.2, 0.25) is 0 Å². The average molecular weight is 362 g/mol. The summed E-state index contributed by atoms with van der Waals surface area (Å²) in [7, 11) is 0. The van der Waals surface area contributed by atoms with Crippen LogP contribution in [0.15, 0.2) is 36.5 Å². The summed E-state index contributed by atoms with van der Waals surface area (Å²) in [6.45, 7) is 0. The van der Waals surface area contributed by atoms with Gasteiger partial charge in [-0.3, -0.25) is 4.40 Å². The molecule has 9 heteroatoms. The number of anilines is 1. The van der Waals surface area contributed by atoms with E-state index in [1.165, 1.54) is 6.07 Å². The first kappa shape index (κ1) is 16.7. The highest BCUT2D eigenvalue weighted by Gasteiger charge is 2.33. The first-order chi connectivity index (χ1) is 12.5. The van der Waals surface area contributed by atoms with Crippen LogP contribution >= 0.6 is 0 Å². The maximum absolute atomic E-state index is 12.6. The SMILES string of the molecule is FC(F)(F)c1ccc(N[C@@H]2CCC[C@H](c3nnc4ccccn34)C2)nn1. The van der Waals surface area contributed by atoms with Gasteiger partial charge in [-0.1, -0.05) is 12.5 Å². The molecule has 0 saturated heterocycles. The second-order valence-electron chi connectivity index (χ2n) is 6.49. The third kappa shape index (κ3) is 3.33. The van der Waals surface area contributed by atoms with Crippen molar-refractivity contribution in [3.05, 3.63) is 48.0 Å². The zero-order valence-corrected chi connectivity index (χ0v) is 13.8. The quantitative estimate of drug-likeness (QED) is 0.770. The van der Waals surface area contributed by atoms with E-state index in [2.05, 4.69) is 25.7 Å². The number of aromatic nitrogens is 5. The summed E-state index contributed by atoms with van der Waals surface area (Å²) in [5, 5.41) is 18.7. The van der Waals surface area contributed by atoms with E-state index in [1.807, 2.05) is 28.8 Å². The predicted octanol–water partition coefficient (Wildman–Crippen LogP) is 3.68. The molecule has 0 unspecified atom stereocenters. The van der Waals surface area contributed by atoms with Crippen molar-refractivity contribution in [2.75, 3.05) is 5.32 Å². The molecule has 0 spiro atoms. The average Bonchev–Trinajstić information content (AvgIpc) is 3.06. The minimum atomic E-state index is -4.48. The zero-order chi connectivity index (χ0) is 18.1. The summed E-state index contributed by atoms with van der Waals surface area (Å²) in [5.74, 6) is 1.52. The van der Waals surface area contributed by atoms with E-state index in [4.69, 9.17) is 0 Å². The summed E-state index contributed by atoms with van der Waals surface area (Å²) < 4.78 is 39.7. The first-order valence-corrected chi connectivity index (χ1v) is 8.48. The van der Waals surface area contributed by atoms with Gasteiger partial charge in [0.2, 0.25) is 0 Å². The van der Waals surface area contributed by atoms with Gasteiger partial charge in [0, 0.05) is 18.2 Å². The van der Waals surface area contributed by atoms with Crippen LogP contribution in [0.5, 0.6) is 0 Å². The van der Waals surface area contributed by atoms with Crippen molar-refractivity contribution in [3.8, 4) is 0 Å². The van der Waals surface area contributed by atoms with Crippen LogP contribution in [0.25, 0.3) is 5.65 Å². The number of halogens is 3. The van der Waals surface area contributed by atoms with Crippen LogP contribution in [0.1, 0.15) is 43.1 Å². The number of alkyl halides is 3. The van der Waals surface area contributed by atoms with Crippen molar-refractivity contribution in [1.29, 1.82) is 0 Å². The van der Waals surface area contributed by atoms with E-state index in [1.54, 1.807) is 0 Å². The number of nitrogens with one attached hydrogen (secondary N) is 1. The molecular weight excluding hydrogens is 345 g/mol. The maximum atomic E-state index is 12.6. The molecule has 3 aromatic rings. The Labute approximate surface area is 147 Å². The first-order valence-electron chi connectivity index (χ1n) is 8.48. The molecule has 1 saturated carbocycles. The highest BCUT2D eigenvalue weighted by atomic mass is 19.4. The van der Waals surface area contributed by atoms with E-state index >= 15 is 0 Å². The minimum Gasteiger partial charge on any atom is -0.366 e. The highest BCUT2D eigenvalue weighted by molar-refractivity contribution is 5.38. The lowest BCUT2D eigenvalue weighted by Crippen LogP contribution is -2.28. The fourth-order valence-electron chi connectivity index (χ4n) is 3.46. The number of pyridine rings is 1. The third-order valence-electron chi connectivity index (χ3n) is 4.69. The number of hydrogen-bond donors (Lipinski definition) is 1. The Morgan fingerprint density at radius 1 is 1.00 bits per heavy atom. The number of hydrogen-bond acceptors (Lipinski definition) is 5. The van der Waals surface area contributed by atoms with Crippen LogP contribution in [-0.4, -0.2) is 30.8 Å². The van der Waals surface area contributed by atoms with Gasteiger partial charge in [0.1, 0.15) is 11.6 Å². The van der Waals surface area contributed by atoms with Gasteiger partial charge in [0.25, 0.3) is 0 Å². The topological polar surface area (TPSA) is 68.0 Å². The van der Waals surface area contributed by atoms with Crippen LogP contribution in [0, 0.1) is 0 Å². The van der Waals surface area contributed by atoms with E-state index in [9.17, 15) is 13.2 Å². The van der Waals surface area contributed by atoms with Gasteiger partial charge >= 0.3 is 6.18 Å². The largest absolute Gasteiger partial charge is 0.435 e. The fraction of sp³-hybridized carbons (Fsp3) is 0.412. The second-order valence-corrected chi connectivity index (χ2v) is 6.49. The van der Waals surface area contributed by atoms with Crippen molar-refractivity contribution in [2.24, 2.45) is 0 Å². The van der Waals surface area contributed by atoms with Gasteiger partial charge in [0.15, 0.2) is 11.3 Å². The second kappa shape index (κ2) is 6.54. The molecule has 0 aromatic carbocycles. The molecular formula is C17H17F3N6. The Morgan fingerprint density at radius 2 is 1.88 bits per heavy atom. The number of fused-ring (bicyclic) bond motifs is 1. The Hall–Kier alpha value is -2.71. The zero-order valence-electron chi connectivity index (χ0n) is 13.8. The van der Waals surface area contributed by atoms with Crippen molar-refractivity contribution >= 4 is 11.5 Å². The highest BCUT2D eigenvalue weighted by Crippen LogP contribution is 2.33. The molecule has 0 radical (unpaired) electrons. The third-order valence-corrected chi connectivity index (χ3v) is 4.69. The number of nitrogens with zero attached hydrogens (tertiary/aromatic N) is 5. The summed E-state index contributed by atoms with van der Waals surface area (Å²) in [4.78, 5) is 0. The predicted molar refractivity (Wildman–Crippen MR) is 88.6 cm³/mol. The van der Waals surface area contributed by atoms with Gasteiger partial charge in [0.05, 0.1) is 0 Å². The summed E-state index contributed by atoms with van der Waals surface area (Å²) in [6, 6.07) is 8.15. The molecule has 26 heavy (non-hydrogen) atoms. The Balaban J connectivity index is 1.47. The molecule has 1 aliphatic carbocycles. The molecule has 2 atom stereocenters. The van der Waals surface area contributed by atoms with Crippen molar-refractivity contribution < 1.29 is 13.2 Å². The molecule has 0 amide bonds. The van der Waals surface area contributed by atoms with Gasteiger partial charge in [-0.25, -0.2) is 0 Å². The van der Waals surface area contributed by atoms with Gasteiger partial charge < -0.3 is 5.32 Å². The van der Waals surface area contributed by atoms with E-state index < -0.39 is 11.9 Å². The van der Waals surface area contributed by atoms with Crippen LogP contribution < -0.4 is 5.32 Å². The molecule has 3 aromatic heterocycles. The molecule has 4 rings (SSSR count). The van der Waals surface area contributed by atoms with Crippen molar-refractivity contribution in [3.63, 3.8) is 0 Å². The lowest BCUT2D eigenvalue weighted by molar-refractivity contribution is -0.141. The van der Waals surface area contributed by atoms with Crippen molar-refractivity contribution in [1.82, 2.24) is 24.8 Å². The monoisotopic (exact) mass is 362 g/mol. The van der Waals surface area contributed by atoms with Crippen LogP contribution in [0.3, 0.4) is 0 Å². The van der Waals surface area contributed by atoms with Gasteiger partial charge in [-0.05, 0) is 43.5 Å². The molecule has 1 fully saturated rings.